The molecule has 3 aromatic rings. The number of rotatable bonds is 6. The molecule has 3 rings (SSSR count). The number of nitrogens with zero attached hydrogens (tertiary/aromatic N) is 3. The van der Waals surface area contributed by atoms with Gasteiger partial charge in [-0.2, -0.15) is 0 Å². The Bertz CT molecular complexity index is 880. The summed E-state index contributed by atoms with van der Waals surface area (Å²) in [5.74, 6) is 1.37. The van der Waals surface area contributed by atoms with Crippen LogP contribution >= 0.6 is 34.7 Å². The van der Waals surface area contributed by atoms with Crippen LogP contribution in [0.1, 0.15) is 0 Å². The Balaban J connectivity index is 1.64. The minimum Gasteiger partial charge on any atom is -0.495 e. The summed E-state index contributed by atoms with van der Waals surface area (Å²) in [5.41, 5.74) is 0.540. The van der Waals surface area contributed by atoms with E-state index in [2.05, 4.69) is 15.5 Å². The number of carbonyl (C=O) groups excluding carboxylic acids is 1. The molecule has 0 spiro atoms. The van der Waals surface area contributed by atoms with Crippen molar-refractivity contribution in [1.29, 1.82) is 0 Å². The van der Waals surface area contributed by atoms with Crippen molar-refractivity contribution in [2.24, 2.45) is 7.05 Å². The molecule has 0 bridgehead atoms. The molecule has 1 amide bonds. The SMILES string of the molecule is COc1ccc(Cl)cc1NC(=O)CSc1nnc(-c2cccs2)n1C. The highest BCUT2D eigenvalue weighted by atomic mass is 35.5. The first-order chi connectivity index (χ1) is 12.1. The average molecular weight is 395 g/mol. The molecule has 9 heteroatoms. The number of carbonyl (C=O) groups is 1. The summed E-state index contributed by atoms with van der Waals surface area (Å²) in [6.07, 6.45) is 0. The number of hydrogen-bond donors (Lipinski definition) is 1. The van der Waals surface area contributed by atoms with Crippen LogP contribution in [0.25, 0.3) is 10.7 Å². The van der Waals surface area contributed by atoms with Crippen LogP contribution in [-0.4, -0.2) is 33.5 Å². The molecule has 6 nitrogen and oxygen atoms in total. The molecule has 1 aromatic carbocycles. The van der Waals surface area contributed by atoms with E-state index in [1.54, 1.807) is 36.6 Å². The molecule has 0 aliphatic carbocycles. The van der Waals surface area contributed by atoms with Crippen molar-refractivity contribution in [3.8, 4) is 16.5 Å². The molecule has 2 heterocycles. The first-order valence-electron chi connectivity index (χ1n) is 7.28. The fourth-order valence-electron chi connectivity index (χ4n) is 2.16. The number of benzene rings is 1. The van der Waals surface area contributed by atoms with Crippen LogP contribution in [0.4, 0.5) is 5.69 Å². The monoisotopic (exact) mass is 394 g/mol. The van der Waals surface area contributed by atoms with Gasteiger partial charge in [0.2, 0.25) is 5.91 Å². The number of anilines is 1. The van der Waals surface area contributed by atoms with Gasteiger partial charge < -0.3 is 14.6 Å². The molecule has 0 saturated carbocycles. The normalized spacial score (nSPS) is 10.7. The highest BCUT2D eigenvalue weighted by molar-refractivity contribution is 7.99. The van der Waals surface area contributed by atoms with Crippen molar-refractivity contribution in [2.75, 3.05) is 18.2 Å². The summed E-state index contributed by atoms with van der Waals surface area (Å²) in [7, 11) is 3.43. The zero-order valence-corrected chi connectivity index (χ0v) is 15.9. The van der Waals surface area contributed by atoms with Crippen molar-refractivity contribution in [3.63, 3.8) is 0 Å². The van der Waals surface area contributed by atoms with Crippen LogP contribution in [0.15, 0.2) is 40.9 Å². The first-order valence-corrected chi connectivity index (χ1v) is 9.52. The first kappa shape index (κ1) is 17.8. The largest absolute Gasteiger partial charge is 0.495 e. The third-order valence-electron chi connectivity index (χ3n) is 3.34. The van der Waals surface area contributed by atoms with Crippen molar-refractivity contribution in [3.05, 3.63) is 40.7 Å². The lowest BCUT2D eigenvalue weighted by molar-refractivity contribution is -0.113. The van der Waals surface area contributed by atoms with Crippen molar-refractivity contribution < 1.29 is 9.53 Å². The molecule has 0 aliphatic heterocycles. The Hall–Kier alpha value is -2.03. The zero-order valence-electron chi connectivity index (χ0n) is 13.5. The Kier molecular flexibility index (Phi) is 5.62. The van der Waals surface area contributed by atoms with Gasteiger partial charge in [0.1, 0.15) is 5.75 Å². The lowest BCUT2D eigenvalue weighted by Gasteiger charge is -2.10. The van der Waals surface area contributed by atoms with Crippen LogP contribution in [0.2, 0.25) is 5.02 Å². The molecule has 1 N–H and O–H groups in total. The highest BCUT2D eigenvalue weighted by Gasteiger charge is 2.14. The van der Waals surface area contributed by atoms with E-state index in [4.69, 9.17) is 16.3 Å². The van der Waals surface area contributed by atoms with E-state index in [1.807, 2.05) is 29.1 Å². The van der Waals surface area contributed by atoms with E-state index in [-0.39, 0.29) is 11.7 Å². The number of thiophene rings is 1. The number of ether oxygens (including phenoxy) is 1. The maximum Gasteiger partial charge on any atom is 0.234 e. The van der Waals surface area contributed by atoms with Gasteiger partial charge >= 0.3 is 0 Å². The summed E-state index contributed by atoms with van der Waals surface area (Å²) in [6, 6.07) is 9.02. The van der Waals surface area contributed by atoms with Crippen molar-refractivity contribution in [2.45, 2.75) is 5.16 Å². The molecule has 2 aromatic heterocycles. The van der Waals surface area contributed by atoms with E-state index in [1.165, 1.54) is 11.8 Å². The lowest BCUT2D eigenvalue weighted by Crippen LogP contribution is -2.15. The minimum atomic E-state index is -0.175. The minimum absolute atomic E-state index is 0.175. The topological polar surface area (TPSA) is 69.0 Å². The van der Waals surface area contributed by atoms with Crippen molar-refractivity contribution >= 4 is 46.3 Å². The van der Waals surface area contributed by atoms with Gasteiger partial charge in [-0.15, -0.1) is 21.5 Å². The molecule has 0 fully saturated rings. The fourth-order valence-corrected chi connectivity index (χ4v) is 3.78. The predicted octanol–water partition coefficient (Wildman–Crippen LogP) is 3.94. The van der Waals surface area contributed by atoms with E-state index in [0.717, 1.165) is 10.7 Å². The molecule has 130 valence electrons. The molecular formula is C16H15ClN4O2S2. The van der Waals surface area contributed by atoms with E-state index >= 15 is 0 Å². The fraction of sp³-hybridized carbons (Fsp3) is 0.188. The van der Waals surface area contributed by atoms with Crippen LogP contribution in [0, 0.1) is 0 Å². The third-order valence-corrected chi connectivity index (χ3v) is 5.47. The molecule has 0 radical (unpaired) electrons. The smallest absolute Gasteiger partial charge is 0.234 e. The number of hydrogen-bond acceptors (Lipinski definition) is 6. The molecule has 0 atom stereocenters. The molecule has 25 heavy (non-hydrogen) atoms. The number of halogens is 1. The standard InChI is InChI=1S/C16H15ClN4O2S2/c1-21-15(13-4-3-7-24-13)19-20-16(21)25-9-14(22)18-11-8-10(17)5-6-12(11)23-2/h3-8H,9H2,1-2H3,(H,18,22). The van der Waals surface area contributed by atoms with Crippen molar-refractivity contribution in [1.82, 2.24) is 14.8 Å². The molecule has 0 saturated heterocycles. The van der Waals surface area contributed by atoms with E-state index < -0.39 is 0 Å². The van der Waals surface area contributed by atoms with Crippen LogP contribution in [-0.2, 0) is 11.8 Å². The second-order valence-electron chi connectivity index (χ2n) is 5.02. The Morgan fingerprint density at radius 2 is 2.24 bits per heavy atom. The van der Waals surface area contributed by atoms with Gasteiger partial charge in [-0.25, -0.2) is 0 Å². The average Bonchev–Trinajstić information content (AvgIpc) is 3.23. The van der Waals surface area contributed by atoms with Crippen LogP contribution in [0.3, 0.4) is 0 Å². The third kappa shape index (κ3) is 4.15. The number of nitrogens with one attached hydrogen (secondary N) is 1. The second kappa shape index (κ2) is 7.90. The van der Waals surface area contributed by atoms with Gasteiger partial charge in [-0.05, 0) is 29.6 Å². The molecule has 0 unspecified atom stereocenters. The summed E-state index contributed by atoms with van der Waals surface area (Å²) in [4.78, 5) is 13.3. The van der Waals surface area contributed by atoms with Gasteiger partial charge in [0.05, 0.1) is 23.4 Å². The summed E-state index contributed by atoms with van der Waals surface area (Å²) < 4.78 is 7.10. The number of thioether (sulfide) groups is 1. The van der Waals surface area contributed by atoms with E-state index in [0.29, 0.717) is 21.6 Å². The lowest BCUT2D eigenvalue weighted by atomic mass is 10.3. The number of methoxy groups -OCH3 is 1. The predicted molar refractivity (Wildman–Crippen MR) is 102 cm³/mol. The van der Waals surface area contributed by atoms with Gasteiger partial charge in [0, 0.05) is 12.1 Å². The van der Waals surface area contributed by atoms with Gasteiger partial charge in [0.25, 0.3) is 0 Å². The van der Waals surface area contributed by atoms with Crippen LogP contribution in [0.5, 0.6) is 5.75 Å². The zero-order chi connectivity index (χ0) is 17.8. The molecular weight excluding hydrogens is 380 g/mol. The summed E-state index contributed by atoms with van der Waals surface area (Å²) in [6.45, 7) is 0. The van der Waals surface area contributed by atoms with Gasteiger partial charge in [0.15, 0.2) is 11.0 Å². The Labute approximate surface area is 158 Å². The summed E-state index contributed by atoms with van der Waals surface area (Å²) in [5, 5.41) is 14.3. The second-order valence-corrected chi connectivity index (χ2v) is 7.35. The highest BCUT2D eigenvalue weighted by Crippen LogP contribution is 2.29. The Morgan fingerprint density at radius 1 is 1.40 bits per heavy atom. The van der Waals surface area contributed by atoms with Crippen LogP contribution < -0.4 is 10.1 Å². The number of amides is 1. The van der Waals surface area contributed by atoms with Gasteiger partial charge in [-0.1, -0.05) is 29.4 Å². The summed E-state index contributed by atoms with van der Waals surface area (Å²) >= 11 is 8.89. The van der Waals surface area contributed by atoms with E-state index in [9.17, 15) is 4.79 Å². The quantitative estimate of drug-likeness (QED) is 0.641. The Morgan fingerprint density at radius 3 is 2.96 bits per heavy atom. The maximum absolute atomic E-state index is 12.2. The van der Waals surface area contributed by atoms with Gasteiger partial charge in [-0.3, -0.25) is 4.79 Å². The molecule has 0 aliphatic rings. The maximum atomic E-state index is 12.2. The number of aromatic nitrogens is 3.